The van der Waals surface area contributed by atoms with Crippen LogP contribution >= 0.6 is 0 Å². The molecule has 5 rings (SSSR count). The summed E-state index contributed by atoms with van der Waals surface area (Å²) >= 11 is 0. The van der Waals surface area contributed by atoms with Crippen LogP contribution in [0.15, 0.2) is 48.5 Å². The van der Waals surface area contributed by atoms with E-state index in [4.69, 9.17) is 9.47 Å². The zero-order valence-electron chi connectivity index (χ0n) is 29.5. The molecule has 2 aromatic heterocycles. The fourth-order valence-electron chi connectivity index (χ4n) is 7.32. The molecule has 0 saturated carbocycles. The molecule has 0 atom stereocenters. The average Bonchev–Trinajstić information content (AvgIpc) is 3.59. The van der Waals surface area contributed by atoms with Crippen LogP contribution in [-0.4, -0.2) is 22.3 Å². The Bertz CT molecular complexity index is 1540. The summed E-state index contributed by atoms with van der Waals surface area (Å²) in [7, 11) is 0. The van der Waals surface area contributed by atoms with Gasteiger partial charge in [0.15, 0.2) is 11.5 Å². The molecule has 250 valence electrons. The summed E-state index contributed by atoms with van der Waals surface area (Å²) in [5, 5.41) is 5.07. The fraction of sp³-hybridized carbons (Fsp3) is 0.571. The summed E-state index contributed by atoms with van der Waals surface area (Å²) in [4.78, 5) is 0. The van der Waals surface area contributed by atoms with Gasteiger partial charge in [0.05, 0.1) is 35.0 Å². The number of benzene rings is 3. The first kappa shape index (κ1) is 34.2. The maximum absolute atomic E-state index is 7.06. The molecule has 5 aromatic rings. The van der Waals surface area contributed by atoms with Crippen molar-refractivity contribution in [2.24, 2.45) is 0 Å². The minimum atomic E-state index is 0.745. The van der Waals surface area contributed by atoms with E-state index in [1.165, 1.54) is 134 Å². The molecular formula is C42H60N2O2. The van der Waals surface area contributed by atoms with E-state index < -0.39 is 0 Å². The highest BCUT2D eigenvalue weighted by Gasteiger charge is 2.28. The van der Waals surface area contributed by atoms with Crippen LogP contribution < -0.4 is 9.47 Å². The summed E-state index contributed by atoms with van der Waals surface area (Å²) in [5.41, 5.74) is 5.07. The minimum Gasteiger partial charge on any atom is -0.491 e. The lowest BCUT2D eigenvalue weighted by Gasteiger charge is -2.18. The van der Waals surface area contributed by atoms with E-state index in [0.717, 1.165) is 50.6 Å². The second kappa shape index (κ2) is 17.7. The Morgan fingerprint density at radius 3 is 1.20 bits per heavy atom. The third kappa shape index (κ3) is 7.53. The molecule has 0 saturated heterocycles. The van der Waals surface area contributed by atoms with Gasteiger partial charge in [-0.3, -0.25) is 0 Å². The molecule has 0 aliphatic carbocycles. The van der Waals surface area contributed by atoms with Gasteiger partial charge >= 0.3 is 0 Å². The maximum Gasteiger partial charge on any atom is 0.153 e. The first-order valence-corrected chi connectivity index (χ1v) is 19.0. The molecule has 0 fully saturated rings. The zero-order valence-corrected chi connectivity index (χ0v) is 29.5. The lowest BCUT2D eigenvalue weighted by atomic mass is 10.1. The Balaban J connectivity index is 1.80. The van der Waals surface area contributed by atoms with Gasteiger partial charge in [-0.2, -0.15) is 0 Å². The third-order valence-electron chi connectivity index (χ3n) is 9.79. The molecule has 3 aromatic carbocycles. The van der Waals surface area contributed by atoms with Crippen LogP contribution in [0.5, 0.6) is 11.5 Å². The Labute approximate surface area is 278 Å². The number of aryl methyl sites for hydroxylation is 2. The van der Waals surface area contributed by atoms with Gasteiger partial charge in [0.1, 0.15) is 0 Å². The van der Waals surface area contributed by atoms with Crippen molar-refractivity contribution >= 4 is 43.6 Å². The van der Waals surface area contributed by atoms with Crippen molar-refractivity contribution in [1.82, 2.24) is 9.13 Å². The predicted molar refractivity (Wildman–Crippen MR) is 200 cm³/mol. The van der Waals surface area contributed by atoms with E-state index in [0.29, 0.717) is 0 Å². The number of ether oxygens (including phenoxy) is 2. The zero-order chi connectivity index (χ0) is 32.1. The van der Waals surface area contributed by atoms with Gasteiger partial charge in [-0.1, -0.05) is 141 Å². The molecular weight excluding hydrogens is 564 g/mol. The Kier molecular flexibility index (Phi) is 13.2. The molecule has 0 spiro atoms. The van der Waals surface area contributed by atoms with Gasteiger partial charge in [0.2, 0.25) is 0 Å². The lowest BCUT2D eigenvalue weighted by Crippen LogP contribution is -2.06. The second-order valence-corrected chi connectivity index (χ2v) is 13.4. The van der Waals surface area contributed by atoms with Crippen LogP contribution in [0.4, 0.5) is 0 Å². The average molecular weight is 625 g/mol. The van der Waals surface area contributed by atoms with Crippen LogP contribution in [0.25, 0.3) is 43.6 Å². The summed E-state index contributed by atoms with van der Waals surface area (Å²) in [6.07, 6.45) is 19.4. The highest BCUT2D eigenvalue weighted by Crippen LogP contribution is 2.51. The summed E-state index contributed by atoms with van der Waals surface area (Å²) in [6.45, 7) is 12.6. The van der Waals surface area contributed by atoms with E-state index in [1.807, 2.05) is 0 Å². The van der Waals surface area contributed by atoms with Crippen molar-refractivity contribution in [3.8, 4) is 11.5 Å². The number of rotatable bonds is 22. The first-order chi connectivity index (χ1) is 22.8. The van der Waals surface area contributed by atoms with Crippen LogP contribution in [0.1, 0.15) is 130 Å². The molecule has 0 bridgehead atoms. The maximum atomic E-state index is 7.06. The van der Waals surface area contributed by atoms with E-state index in [2.05, 4.69) is 85.4 Å². The molecule has 0 aliphatic rings. The highest BCUT2D eigenvalue weighted by molar-refractivity contribution is 6.25. The number of fused-ring (bicyclic) bond motifs is 6. The summed E-state index contributed by atoms with van der Waals surface area (Å²) < 4.78 is 19.3. The number of para-hydroxylation sites is 2. The van der Waals surface area contributed by atoms with Crippen molar-refractivity contribution in [2.75, 3.05) is 13.2 Å². The van der Waals surface area contributed by atoms with Crippen molar-refractivity contribution in [3.63, 3.8) is 0 Å². The van der Waals surface area contributed by atoms with Gasteiger partial charge in [-0.25, -0.2) is 0 Å². The Morgan fingerprint density at radius 2 is 0.804 bits per heavy atom. The van der Waals surface area contributed by atoms with Crippen LogP contribution in [0, 0.1) is 0 Å². The minimum absolute atomic E-state index is 0.745. The number of unbranched alkanes of at least 4 members (excludes halogenated alkanes) is 12. The smallest absolute Gasteiger partial charge is 0.153 e. The third-order valence-corrected chi connectivity index (χ3v) is 9.79. The van der Waals surface area contributed by atoms with E-state index in [9.17, 15) is 0 Å². The van der Waals surface area contributed by atoms with Gasteiger partial charge in [0, 0.05) is 34.9 Å². The SMILES string of the molecule is CCCCCCOc1c2c3ccccc3n(CCCCCC)c2c(OCCCCCC)c2c3ccccc3n(CCCCCC)c12. The normalized spacial score (nSPS) is 11.9. The highest BCUT2D eigenvalue weighted by atomic mass is 16.5. The summed E-state index contributed by atoms with van der Waals surface area (Å²) in [6, 6.07) is 18.0. The molecule has 0 amide bonds. The standard InChI is InChI=1S/C42H60N2O2/c1-5-9-13-21-29-43-35-27-19-17-25-33(35)37-39(43)41(45-31-23-15-11-7-3)38-34-26-18-20-28-36(34)44(30-22-14-10-6-2)40(38)42(37)46-32-24-16-12-8-4/h17-20,25-28H,5-16,21-24,29-32H2,1-4H3. The van der Waals surface area contributed by atoms with Crippen molar-refractivity contribution in [2.45, 2.75) is 144 Å². The molecule has 0 aliphatic heterocycles. The number of aromatic nitrogens is 2. The Hall–Kier alpha value is -3.14. The lowest BCUT2D eigenvalue weighted by molar-refractivity contribution is 0.305. The predicted octanol–water partition coefficient (Wildman–Crippen LogP) is 13.0. The monoisotopic (exact) mass is 624 g/mol. The van der Waals surface area contributed by atoms with Gasteiger partial charge < -0.3 is 18.6 Å². The number of hydrogen-bond acceptors (Lipinski definition) is 2. The second-order valence-electron chi connectivity index (χ2n) is 13.4. The van der Waals surface area contributed by atoms with E-state index in [1.54, 1.807) is 0 Å². The largest absolute Gasteiger partial charge is 0.491 e. The fourth-order valence-corrected chi connectivity index (χ4v) is 7.32. The van der Waals surface area contributed by atoms with Crippen molar-refractivity contribution in [1.29, 1.82) is 0 Å². The van der Waals surface area contributed by atoms with Crippen LogP contribution in [0.2, 0.25) is 0 Å². The summed E-state index contributed by atoms with van der Waals surface area (Å²) in [5.74, 6) is 2.13. The molecule has 0 unspecified atom stereocenters. The van der Waals surface area contributed by atoms with Gasteiger partial charge in [-0.15, -0.1) is 0 Å². The van der Waals surface area contributed by atoms with E-state index >= 15 is 0 Å². The Morgan fingerprint density at radius 1 is 0.435 bits per heavy atom. The first-order valence-electron chi connectivity index (χ1n) is 19.0. The number of nitrogens with zero attached hydrogens (tertiary/aromatic N) is 2. The molecule has 4 heteroatoms. The van der Waals surface area contributed by atoms with Gasteiger partial charge in [0.25, 0.3) is 0 Å². The quantitative estimate of drug-likeness (QED) is 0.0717. The number of hydrogen-bond donors (Lipinski definition) is 0. The van der Waals surface area contributed by atoms with Crippen LogP contribution in [-0.2, 0) is 13.1 Å². The van der Waals surface area contributed by atoms with Crippen LogP contribution in [0.3, 0.4) is 0 Å². The van der Waals surface area contributed by atoms with Crippen molar-refractivity contribution in [3.05, 3.63) is 48.5 Å². The molecule has 46 heavy (non-hydrogen) atoms. The van der Waals surface area contributed by atoms with E-state index in [-0.39, 0.29) is 0 Å². The molecule has 0 radical (unpaired) electrons. The topological polar surface area (TPSA) is 28.3 Å². The molecule has 2 heterocycles. The molecule has 4 nitrogen and oxygen atoms in total. The molecule has 0 N–H and O–H groups in total. The van der Waals surface area contributed by atoms with Crippen molar-refractivity contribution < 1.29 is 9.47 Å². The van der Waals surface area contributed by atoms with Gasteiger partial charge in [-0.05, 0) is 37.8 Å².